The Hall–Kier alpha value is -2.10. The van der Waals surface area contributed by atoms with Gasteiger partial charge in [0.15, 0.2) is 0 Å². The maximum absolute atomic E-state index is 12.3. The summed E-state index contributed by atoms with van der Waals surface area (Å²) in [6, 6.07) is 11.3. The van der Waals surface area contributed by atoms with Gasteiger partial charge in [-0.25, -0.2) is 22.0 Å². The van der Waals surface area contributed by atoms with Crippen molar-refractivity contribution in [2.45, 2.75) is 9.79 Å². The van der Waals surface area contributed by atoms with E-state index in [1.807, 2.05) is 0 Å². The molecule has 0 aliphatic heterocycles. The number of sulfonamides is 2. The predicted molar refractivity (Wildman–Crippen MR) is 79.5 cm³/mol. The standard InChI is InChI=1S/C12H13N3O4S2/c13-9-5-1-3-7-11(9)21(18,19)15-10-6-2-4-8-12(10)20(14,16)17/h1-8,15H,13H2,(H2,14,16,17). The highest BCUT2D eigenvalue weighted by molar-refractivity contribution is 7.93. The summed E-state index contributed by atoms with van der Waals surface area (Å²) >= 11 is 0. The molecule has 0 amide bonds. The molecule has 0 unspecified atom stereocenters. The molecule has 0 saturated heterocycles. The van der Waals surface area contributed by atoms with E-state index >= 15 is 0 Å². The molecule has 0 radical (unpaired) electrons. The average Bonchev–Trinajstić information content (AvgIpc) is 2.38. The van der Waals surface area contributed by atoms with Crippen LogP contribution in [-0.4, -0.2) is 16.8 Å². The summed E-state index contributed by atoms with van der Waals surface area (Å²) in [4.78, 5) is -0.461. The molecule has 0 bridgehead atoms. The number of nitrogens with two attached hydrogens (primary N) is 2. The van der Waals surface area contributed by atoms with Crippen molar-refractivity contribution in [3.8, 4) is 0 Å². The molecule has 0 saturated carbocycles. The molecule has 0 atom stereocenters. The maximum atomic E-state index is 12.3. The number of para-hydroxylation sites is 2. The maximum Gasteiger partial charge on any atom is 0.263 e. The first kappa shape index (κ1) is 15.3. The summed E-state index contributed by atoms with van der Waals surface area (Å²) in [5.41, 5.74) is 5.54. The first-order valence-corrected chi connectivity index (χ1v) is 8.74. The Morgan fingerprint density at radius 2 is 1.33 bits per heavy atom. The molecule has 21 heavy (non-hydrogen) atoms. The van der Waals surface area contributed by atoms with Crippen molar-refractivity contribution in [2.75, 3.05) is 10.5 Å². The highest BCUT2D eigenvalue weighted by Gasteiger charge is 2.21. The van der Waals surface area contributed by atoms with Gasteiger partial charge in [-0.05, 0) is 24.3 Å². The van der Waals surface area contributed by atoms with Crippen molar-refractivity contribution in [1.29, 1.82) is 0 Å². The van der Waals surface area contributed by atoms with E-state index in [4.69, 9.17) is 10.9 Å². The third-order valence-corrected chi connectivity index (χ3v) is 5.05. The fraction of sp³-hybridized carbons (Fsp3) is 0. The van der Waals surface area contributed by atoms with E-state index < -0.39 is 20.0 Å². The number of nitrogen functional groups attached to an aromatic ring is 1. The van der Waals surface area contributed by atoms with Crippen LogP contribution in [0.4, 0.5) is 11.4 Å². The Labute approximate surface area is 122 Å². The van der Waals surface area contributed by atoms with Crippen LogP contribution < -0.4 is 15.6 Å². The lowest BCUT2D eigenvalue weighted by molar-refractivity contribution is 0.598. The summed E-state index contributed by atoms with van der Waals surface area (Å²) in [5, 5.41) is 5.06. The molecular formula is C12H13N3O4S2. The summed E-state index contributed by atoms with van der Waals surface area (Å²) in [7, 11) is -8.08. The lowest BCUT2D eigenvalue weighted by Gasteiger charge is -2.12. The van der Waals surface area contributed by atoms with Crippen molar-refractivity contribution in [3.63, 3.8) is 0 Å². The fourth-order valence-electron chi connectivity index (χ4n) is 1.72. The number of anilines is 2. The van der Waals surface area contributed by atoms with Gasteiger partial charge in [0.2, 0.25) is 10.0 Å². The van der Waals surface area contributed by atoms with Gasteiger partial charge in [0.05, 0.1) is 11.4 Å². The van der Waals surface area contributed by atoms with Crippen molar-refractivity contribution in [3.05, 3.63) is 48.5 Å². The van der Waals surface area contributed by atoms with Gasteiger partial charge < -0.3 is 5.73 Å². The van der Waals surface area contributed by atoms with Crippen LogP contribution in [0.1, 0.15) is 0 Å². The Morgan fingerprint density at radius 3 is 1.90 bits per heavy atom. The zero-order valence-electron chi connectivity index (χ0n) is 10.7. The number of primary sulfonamides is 1. The molecule has 2 aromatic carbocycles. The average molecular weight is 327 g/mol. The Kier molecular flexibility index (Phi) is 3.90. The van der Waals surface area contributed by atoms with Crippen molar-refractivity contribution >= 4 is 31.4 Å². The van der Waals surface area contributed by atoms with Crippen molar-refractivity contribution < 1.29 is 16.8 Å². The van der Waals surface area contributed by atoms with Crippen LogP contribution >= 0.6 is 0 Å². The third kappa shape index (κ3) is 3.32. The molecule has 0 aromatic heterocycles. The molecule has 112 valence electrons. The zero-order valence-corrected chi connectivity index (χ0v) is 12.4. The minimum Gasteiger partial charge on any atom is -0.398 e. The van der Waals surface area contributed by atoms with Crippen LogP contribution in [0, 0.1) is 0 Å². The number of benzene rings is 2. The molecule has 2 rings (SSSR count). The van der Waals surface area contributed by atoms with E-state index in [0.717, 1.165) is 0 Å². The second-order valence-electron chi connectivity index (χ2n) is 4.18. The van der Waals surface area contributed by atoms with Crippen LogP contribution in [0.3, 0.4) is 0 Å². The molecule has 7 nitrogen and oxygen atoms in total. The van der Waals surface area contributed by atoms with Crippen molar-refractivity contribution in [2.24, 2.45) is 5.14 Å². The third-order valence-electron chi connectivity index (χ3n) is 2.65. The molecule has 0 aliphatic carbocycles. The summed E-state index contributed by atoms with van der Waals surface area (Å²) < 4.78 is 49.7. The molecule has 0 aliphatic rings. The quantitative estimate of drug-likeness (QED) is 0.712. The summed E-state index contributed by atoms with van der Waals surface area (Å²) in [5.74, 6) is 0. The highest BCUT2D eigenvalue weighted by atomic mass is 32.2. The van der Waals surface area contributed by atoms with E-state index in [-0.39, 0.29) is 21.2 Å². The number of nitrogens with one attached hydrogen (secondary N) is 1. The van der Waals surface area contributed by atoms with Gasteiger partial charge in [0, 0.05) is 0 Å². The second-order valence-corrected chi connectivity index (χ2v) is 7.37. The van der Waals surface area contributed by atoms with Gasteiger partial charge in [-0.15, -0.1) is 0 Å². The minimum atomic E-state index is -4.06. The van der Waals surface area contributed by atoms with Gasteiger partial charge in [0.1, 0.15) is 9.79 Å². The topological polar surface area (TPSA) is 132 Å². The van der Waals surface area contributed by atoms with E-state index in [0.29, 0.717) is 0 Å². The van der Waals surface area contributed by atoms with E-state index in [2.05, 4.69) is 4.72 Å². The zero-order chi connectivity index (χ0) is 15.7. The van der Waals surface area contributed by atoms with Gasteiger partial charge in [-0.2, -0.15) is 0 Å². The van der Waals surface area contributed by atoms with E-state index in [9.17, 15) is 16.8 Å². The first-order valence-electron chi connectivity index (χ1n) is 5.71. The molecule has 5 N–H and O–H groups in total. The van der Waals surface area contributed by atoms with Crippen molar-refractivity contribution in [1.82, 2.24) is 0 Å². The Balaban J connectivity index is 2.51. The summed E-state index contributed by atoms with van der Waals surface area (Å²) in [6.07, 6.45) is 0. The second kappa shape index (κ2) is 5.35. The summed E-state index contributed by atoms with van der Waals surface area (Å²) in [6.45, 7) is 0. The van der Waals surface area contributed by atoms with Gasteiger partial charge in [-0.1, -0.05) is 24.3 Å². The van der Waals surface area contributed by atoms with Crippen LogP contribution in [0.15, 0.2) is 58.3 Å². The largest absolute Gasteiger partial charge is 0.398 e. The van der Waals surface area contributed by atoms with Crippen LogP contribution in [0.5, 0.6) is 0 Å². The molecule has 9 heteroatoms. The number of hydrogen-bond donors (Lipinski definition) is 3. The normalized spacial score (nSPS) is 12.0. The van der Waals surface area contributed by atoms with Gasteiger partial charge in [-0.3, -0.25) is 4.72 Å². The van der Waals surface area contributed by atoms with Gasteiger partial charge >= 0.3 is 0 Å². The first-order chi connectivity index (χ1) is 9.72. The molecule has 0 heterocycles. The lowest BCUT2D eigenvalue weighted by atomic mass is 10.3. The molecular weight excluding hydrogens is 314 g/mol. The minimum absolute atomic E-state index is 0.0538. The molecule has 0 fully saturated rings. The smallest absolute Gasteiger partial charge is 0.263 e. The van der Waals surface area contributed by atoms with E-state index in [1.54, 1.807) is 6.07 Å². The van der Waals surface area contributed by atoms with Gasteiger partial charge in [0.25, 0.3) is 10.0 Å². The predicted octanol–water partition coefficient (Wildman–Crippen LogP) is 0.717. The Bertz CT molecular complexity index is 877. The lowest BCUT2D eigenvalue weighted by Crippen LogP contribution is -2.19. The Morgan fingerprint density at radius 1 is 0.810 bits per heavy atom. The van der Waals surface area contributed by atoms with Crippen LogP contribution in [0.2, 0.25) is 0 Å². The number of rotatable bonds is 4. The van der Waals surface area contributed by atoms with Crippen LogP contribution in [-0.2, 0) is 20.0 Å². The number of hydrogen-bond acceptors (Lipinski definition) is 5. The molecule has 0 spiro atoms. The SMILES string of the molecule is Nc1ccccc1S(=O)(=O)Nc1ccccc1S(N)(=O)=O. The van der Waals surface area contributed by atoms with Crippen LogP contribution in [0.25, 0.3) is 0 Å². The highest BCUT2D eigenvalue weighted by Crippen LogP contribution is 2.25. The van der Waals surface area contributed by atoms with E-state index in [1.165, 1.54) is 42.5 Å². The molecule has 2 aromatic rings. The fourth-order valence-corrected chi connectivity index (χ4v) is 3.70. The monoisotopic (exact) mass is 327 g/mol.